The molecule has 5 heteroatoms. The fraction of sp³-hybridized carbons (Fsp3) is 0.571. The van der Waals surface area contributed by atoms with Crippen molar-refractivity contribution < 1.29 is 4.39 Å². The Morgan fingerprint density at radius 3 is 2.47 bits per heavy atom. The number of benzene rings is 1. The minimum atomic E-state index is -0.379. The van der Waals surface area contributed by atoms with Crippen LogP contribution in [-0.4, -0.2) is 37.1 Å². The number of halogens is 3. The van der Waals surface area contributed by atoms with E-state index in [-0.39, 0.29) is 5.82 Å². The van der Waals surface area contributed by atoms with E-state index in [0.29, 0.717) is 16.1 Å². The van der Waals surface area contributed by atoms with Crippen molar-refractivity contribution in [2.45, 2.75) is 25.3 Å². The summed E-state index contributed by atoms with van der Waals surface area (Å²) in [5.41, 5.74) is 0.790. The molecule has 2 saturated heterocycles. The average Bonchev–Trinajstić information content (AvgIpc) is 2.67. The van der Waals surface area contributed by atoms with E-state index in [1.54, 1.807) is 0 Å². The van der Waals surface area contributed by atoms with Crippen molar-refractivity contribution in [3.05, 3.63) is 28.0 Å². The lowest BCUT2D eigenvalue weighted by Crippen LogP contribution is -2.36. The van der Waals surface area contributed by atoms with Crippen LogP contribution in [0.25, 0.3) is 0 Å². The third-order valence-corrected chi connectivity index (χ3v) is 4.68. The topological polar surface area (TPSA) is 6.48 Å². The average molecular weight is 303 g/mol. The number of hydrogen-bond donors (Lipinski definition) is 0. The van der Waals surface area contributed by atoms with Gasteiger partial charge in [-0.05, 0) is 37.9 Å². The van der Waals surface area contributed by atoms with Crippen molar-refractivity contribution in [3.63, 3.8) is 0 Å². The summed E-state index contributed by atoms with van der Waals surface area (Å²) in [5, 5.41) is 0.827. The molecule has 0 bridgehead atoms. The van der Waals surface area contributed by atoms with Crippen LogP contribution < -0.4 is 4.90 Å². The van der Waals surface area contributed by atoms with Crippen LogP contribution in [0, 0.1) is 5.82 Å². The molecule has 3 rings (SSSR count). The Morgan fingerprint density at radius 2 is 1.74 bits per heavy atom. The number of anilines is 1. The van der Waals surface area contributed by atoms with Crippen LogP contribution in [0.1, 0.15) is 19.3 Å². The van der Waals surface area contributed by atoms with Gasteiger partial charge in [0.25, 0.3) is 0 Å². The molecule has 0 N–H and O–H groups in total. The highest BCUT2D eigenvalue weighted by Crippen LogP contribution is 2.36. The maximum Gasteiger partial charge on any atom is 0.126 e. The SMILES string of the molecule is Fc1cc(Cl)c(N2CCCN3CCCC3C2)c(Cl)c1. The molecule has 1 atom stereocenters. The van der Waals surface area contributed by atoms with E-state index < -0.39 is 0 Å². The maximum atomic E-state index is 13.3. The first kappa shape index (κ1) is 13.5. The summed E-state index contributed by atoms with van der Waals surface area (Å²) >= 11 is 12.4. The molecule has 2 heterocycles. The second-order valence-electron chi connectivity index (χ2n) is 5.35. The zero-order chi connectivity index (χ0) is 13.4. The monoisotopic (exact) mass is 302 g/mol. The predicted molar refractivity (Wildman–Crippen MR) is 77.8 cm³/mol. The Hall–Kier alpha value is -0.510. The quantitative estimate of drug-likeness (QED) is 0.778. The molecule has 1 unspecified atom stereocenters. The first-order valence-electron chi connectivity index (χ1n) is 6.78. The molecule has 0 saturated carbocycles. The molecule has 1 aromatic rings. The van der Waals surface area contributed by atoms with Gasteiger partial charge in [0.05, 0.1) is 15.7 Å². The summed E-state index contributed by atoms with van der Waals surface area (Å²) in [5.74, 6) is -0.379. The third kappa shape index (κ3) is 2.69. The van der Waals surface area contributed by atoms with Crippen LogP contribution in [0.2, 0.25) is 10.0 Å². The first-order valence-corrected chi connectivity index (χ1v) is 7.54. The summed E-state index contributed by atoms with van der Waals surface area (Å²) in [6.45, 7) is 4.20. The number of rotatable bonds is 1. The van der Waals surface area contributed by atoms with Crippen molar-refractivity contribution in [2.24, 2.45) is 0 Å². The van der Waals surface area contributed by atoms with Gasteiger partial charge in [0.15, 0.2) is 0 Å². The van der Waals surface area contributed by atoms with Crippen LogP contribution in [0.3, 0.4) is 0 Å². The van der Waals surface area contributed by atoms with Crippen molar-refractivity contribution in [2.75, 3.05) is 31.1 Å². The van der Waals surface area contributed by atoms with Gasteiger partial charge in [-0.25, -0.2) is 4.39 Å². The van der Waals surface area contributed by atoms with Crippen LogP contribution >= 0.6 is 23.2 Å². The van der Waals surface area contributed by atoms with Gasteiger partial charge in [-0.2, -0.15) is 0 Å². The summed E-state index contributed by atoms with van der Waals surface area (Å²) in [6.07, 6.45) is 3.59. The molecule has 2 aliphatic rings. The molecule has 0 amide bonds. The van der Waals surface area contributed by atoms with E-state index in [1.165, 1.54) is 31.5 Å². The largest absolute Gasteiger partial charge is 0.368 e. The Morgan fingerprint density at radius 1 is 1.05 bits per heavy atom. The van der Waals surface area contributed by atoms with Gasteiger partial charge in [-0.1, -0.05) is 23.2 Å². The second-order valence-corrected chi connectivity index (χ2v) is 6.16. The standard InChI is InChI=1S/C14H17Cl2FN2/c15-12-7-10(17)8-13(16)14(12)19-6-2-5-18-4-1-3-11(18)9-19/h7-8,11H,1-6,9H2. The molecule has 104 valence electrons. The molecule has 2 fully saturated rings. The lowest BCUT2D eigenvalue weighted by molar-refractivity contribution is 0.273. The third-order valence-electron chi connectivity index (χ3n) is 4.10. The molecule has 19 heavy (non-hydrogen) atoms. The number of nitrogens with zero attached hydrogens (tertiary/aromatic N) is 2. The number of fused-ring (bicyclic) bond motifs is 1. The Labute approximate surface area is 123 Å². The van der Waals surface area contributed by atoms with E-state index in [1.807, 2.05) is 0 Å². The van der Waals surface area contributed by atoms with Gasteiger partial charge in [-0.15, -0.1) is 0 Å². The van der Waals surface area contributed by atoms with Crippen LogP contribution in [-0.2, 0) is 0 Å². The van der Waals surface area contributed by atoms with Crippen molar-refractivity contribution in [1.82, 2.24) is 4.90 Å². The van der Waals surface area contributed by atoms with Gasteiger partial charge in [0.1, 0.15) is 5.82 Å². The lowest BCUT2D eigenvalue weighted by Gasteiger charge is -2.28. The Bertz CT molecular complexity index is 458. The van der Waals surface area contributed by atoms with E-state index in [2.05, 4.69) is 9.80 Å². The molecule has 0 spiro atoms. The minimum absolute atomic E-state index is 0.379. The van der Waals surface area contributed by atoms with E-state index in [0.717, 1.165) is 31.7 Å². The molecule has 2 aliphatic heterocycles. The van der Waals surface area contributed by atoms with E-state index >= 15 is 0 Å². The maximum absolute atomic E-state index is 13.3. The summed E-state index contributed by atoms with van der Waals surface area (Å²) < 4.78 is 13.3. The number of hydrogen-bond acceptors (Lipinski definition) is 2. The van der Waals surface area contributed by atoms with E-state index in [9.17, 15) is 4.39 Å². The molecule has 0 aliphatic carbocycles. The Balaban J connectivity index is 1.89. The van der Waals surface area contributed by atoms with Gasteiger partial charge in [0, 0.05) is 25.7 Å². The van der Waals surface area contributed by atoms with Crippen LogP contribution in [0.4, 0.5) is 10.1 Å². The van der Waals surface area contributed by atoms with Gasteiger partial charge in [0.2, 0.25) is 0 Å². The van der Waals surface area contributed by atoms with Gasteiger partial charge >= 0.3 is 0 Å². The van der Waals surface area contributed by atoms with E-state index in [4.69, 9.17) is 23.2 Å². The molecule has 0 radical (unpaired) electrons. The van der Waals surface area contributed by atoms with Crippen LogP contribution in [0.5, 0.6) is 0 Å². The van der Waals surface area contributed by atoms with Crippen molar-refractivity contribution in [1.29, 1.82) is 0 Å². The minimum Gasteiger partial charge on any atom is -0.368 e. The predicted octanol–water partition coefficient (Wildman–Crippen LogP) is 3.81. The fourth-order valence-electron chi connectivity index (χ4n) is 3.25. The molecule has 2 nitrogen and oxygen atoms in total. The second kappa shape index (κ2) is 5.47. The van der Waals surface area contributed by atoms with Crippen molar-refractivity contribution in [3.8, 4) is 0 Å². The molecular weight excluding hydrogens is 286 g/mol. The molecular formula is C14H17Cl2FN2. The smallest absolute Gasteiger partial charge is 0.126 e. The zero-order valence-electron chi connectivity index (χ0n) is 10.7. The van der Waals surface area contributed by atoms with Crippen molar-refractivity contribution >= 4 is 28.9 Å². The molecule has 1 aromatic carbocycles. The lowest BCUT2D eigenvalue weighted by atomic mass is 10.2. The summed E-state index contributed by atoms with van der Waals surface area (Å²) in [7, 11) is 0. The molecule has 0 aromatic heterocycles. The zero-order valence-corrected chi connectivity index (χ0v) is 12.2. The van der Waals surface area contributed by atoms with Gasteiger partial charge in [-0.3, -0.25) is 4.90 Å². The van der Waals surface area contributed by atoms with Gasteiger partial charge < -0.3 is 4.90 Å². The highest BCUT2D eigenvalue weighted by Gasteiger charge is 2.30. The fourth-order valence-corrected chi connectivity index (χ4v) is 3.95. The summed E-state index contributed by atoms with van der Waals surface area (Å²) in [6, 6.07) is 3.28. The first-order chi connectivity index (χ1) is 9.15. The Kier molecular flexibility index (Phi) is 3.88. The normalized spacial score (nSPS) is 24.4. The highest BCUT2D eigenvalue weighted by atomic mass is 35.5. The highest BCUT2D eigenvalue weighted by molar-refractivity contribution is 6.39. The summed E-state index contributed by atoms with van der Waals surface area (Å²) in [4.78, 5) is 4.77. The van der Waals surface area contributed by atoms with Crippen LogP contribution in [0.15, 0.2) is 12.1 Å².